The molecule has 6 rings (SSSR count). The lowest BCUT2D eigenvalue weighted by atomic mass is 10.00. The summed E-state index contributed by atoms with van der Waals surface area (Å²) in [5, 5.41) is 3.12. The van der Waals surface area contributed by atoms with Gasteiger partial charge in [0.25, 0.3) is 11.8 Å². The lowest BCUT2D eigenvalue weighted by molar-refractivity contribution is 0.0488. The molecule has 2 aromatic heterocycles. The Morgan fingerprint density at radius 2 is 1.80 bits per heavy atom. The summed E-state index contributed by atoms with van der Waals surface area (Å²) in [5.74, 6) is -0.121. The monoisotopic (exact) mass is 635 g/mol. The maximum Gasteiger partial charge on any atom is 0.279 e. The van der Waals surface area contributed by atoms with Gasteiger partial charge in [-0.3, -0.25) is 18.8 Å². The second-order valence-electron chi connectivity index (χ2n) is 10.9. The van der Waals surface area contributed by atoms with E-state index in [1.807, 2.05) is 31.2 Å². The highest BCUT2D eigenvalue weighted by atomic mass is 32.2. The first-order valence-electron chi connectivity index (χ1n) is 14.2. The van der Waals surface area contributed by atoms with Crippen LogP contribution in [0.25, 0.3) is 38.4 Å². The Morgan fingerprint density at radius 3 is 2.46 bits per heavy atom. The third-order valence-corrected chi connectivity index (χ3v) is 9.04. The average molecular weight is 636 g/mol. The summed E-state index contributed by atoms with van der Waals surface area (Å²) in [6.07, 6.45) is 1.08. The van der Waals surface area contributed by atoms with E-state index < -0.39 is 10.0 Å². The fraction of sp³-hybridized carbons (Fsp3) is 0.176. The number of ether oxygens (including phenoxy) is 1. The minimum Gasteiger partial charge on any atom is -0.471 e. The average Bonchev–Trinajstić information content (AvgIpc) is 3.43. The molecule has 3 heterocycles. The molecule has 1 aliphatic heterocycles. The van der Waals surface area contributed by atoms with Gasteiger partial charge in [0.15, 0.2) is 23.9 Å². The van der Waals surface area contributed by atoms with E-state index >= 15 is 0 Å². The topological polar surface area (TPSA) is 126 Å². The van der Waals surface area contributed by atoms with Crippen molar-refractivity contribution < 1.29 is 27.2 Å². The zero-order valence-corrected chi connectivity index (χ0v) is 26.3. The number of nitrogens with zero attached hydrogens (tertiary/aromatic N) is 4. The molecule has 3 aromatic carbocycles. The van der Waals surface area contributed by atoms with Crippen LogP contribution in [0.4, 0.5) is 11.4 Å². The van der Waals surface area contributed by atoms with Crippen LogP contribution in [-0.4, -0.2) is 57.2 Å². The number of pyridine rings is 1. The van der Waals surface area contributed by atoms with Crippen LogP contribution in [0.2, 0.25) is 0 Å². The van der Waals surface area contributed by atoms with Gasteiger partial charge >= 0.3 is 0 Å². The molecule has 5 aromatic rings. The molecule has 0 bridgehead atoms. The largest absolute Gasteiger partial charge is 0.471 e. The van der Waals surface area contributed by atoms with Crippen LogP contribution in [0.3, 0.4) is 0 Å². The summed E-state index contributed by atoms with van der Waals surface area (Å²) in [6, 6.07) is 21.0. The number of aryl methyl sites for hydroxylation is 1. The third-order valence-electron chi connectivity index (χ3n) is 7.85. The van der Waals surface area contributed by atoms with E-state index in [1.165, 1.54) is 19.0 Å². The Hall–Kier alpha value is -5.67. The molecule has 1 N–H and O–H groups in total. The number of sulfonamides is 1. The van der Waals surface area contributed by atoms with Crippen LogP contribution < -0.4 is 14.4 Å². The summed E-state index contributed by atoms with van der Waals surface area (Å²) >= 11 is 0. The molecular formula is C34H29N5O6S. The number of furan rings is 1. The van der Waals surface area contributed by atoms with Gasteiger partial charge in [-0.05, 0) is 30.7 Å². The highest BCUT2D eigenvalue weighted by Gasteiger charge is 2.30. The molecule has 2 amide bonds. The molecule has 232 valence electrons. The number of fused-ring (bicyclic) bond motifs is 2. The highest BCUT2D eigenvalue weighted by molar-refractivity contribution is 7.92. The van der Waals surface area contributed by atoms with Crippen molar-refractivity contribution in [1.29, 1.82) is 0 Å². The molecule has 11 nitrogen and oxygen atoms in total. The van der Waals surface area contributed by atoms with Gasteiger partial charge in [-0.25, -0.2) is 18.2 Å². The molecule has 0 aliphatic carbocycles. The summed E-state index contributed by atoms with van der Waals surface area (Å²) in [6.45, 7) is 9.36. The zero-order valence-electron chi connectivity index (χ0n) is 25.5. The Bertz CT molecular complexity index is 2170. The maximum atomic E-state index is 13.6. The van der Waals surface area contributed by atoms with Gasteiger partial charge in [0.05, 0.1) is 29.8 Å². The number of anilines is 1. The SMILES string of the molecule is [C-]#[N+]c1ccc(CN2COc3ccc(-c4cc5c(C(=O)NC)c(-c6ccc(C)cc6)oc5cc4N(C)S(C)(=O)=O)nc3C2=O)cc1. The fourth-order valence-electron chi connectivity index (χ4n) is 5.27. The molecule has 12 heteroatoms. The lowest BCUT2D eigenvalue weighted by Crippen LogP contribution is -2.38. The second-order valence-corrected chi connectivity index (χ2v) is 13.0. The van der Waals surface area contributed by atoms with Crippen molar-refractivity contribution in [2.24, 2.45) is 0 Å². The van der Waals surface area contributed by atoms with E-state index in [-0.39, 0.29) is 42.0 Å². The van der Waals surface area contributed by atoms with Crippen molar-refractivity contribution >= 4 is 44.2 Å². The van der Waals surface area contributed by atoms with Crippen molar-refractivity contribution in [2.45, 2.75) is 13.5 Å². The number of amides is 2. The fourth-order valence-corrected chi connectivity index (χ4v) is 5.78. The predicted octanol–water partition coefficient (Wildman–Crippen LogP) is 5.77. The van der Waals surface area contributed by atoms with E-state index in [0.29, 0.717) is 45.0 Å². The molecule has 0 unspecified atom stereocenters. The van der Waals surface area contributed by atoms with E-state index in [4.69, 9.17) is 15.7 Å². The van der Waals surface area contributed by atoms with Crippen LogP contribution in [0, 0.1) is 13.5 Å². The van der Waals surface area contributed by atoms with Crippen molar-refractivity contribution in [2.75, 3.05) is 31.4 Å². The van der Waals surface area contributed by atoms with E-state index in [0.717, 1.165) is 21.7 Å². The normalized spacial score (nSPS) is 12.8. The first-order chi connectivity index (χ1) is 22.0. The number of aromatic nitrogens is 1. The number of hydrogen-bond donors (Lipinski definition) is 1. The molecule has 1 aliphatic rings. The third kappa shape index (κ3) is 5.52. The van der Waals surface area contributed by atoms with Gasteiger partial charge in [0.2, 0.25) is 10.0 Å². The summed E-state index contributed by atoms with van der Waals surface area (Å²) in [4.78, 5) is 36.5. The Kier molecular flexibility index (Phi) is 7.71. The number of nitrogens with one attached hydrogen (secondary N) is 1. The van der Waals surface area contributed by atoms with Gasteiger partial charge in [-0.2, -0.15) is 0 Å². The number of carbonyl (C=O) groups is 2. The minimum atomic E-state index is -3.75. The molecule has 0 saturated carbocycles. The van der Waals surface area contributed by atoms with Gasteiger partial charge in [0.1, 0.15) is 11.3 Å². The zero-order chi connectivity index (χ0) is 32.7. The van der Waals surface area contributed by atoms with Crippen LogP contribution in [0.5, 0.6) is 5.75 Å². The van der Waals surface area contributed by atoms with Crippen LogP contribution >= 0.6 is 0 Å². The second kappa shape index (κ2) is 11.7. The van der Waals surface area contributed by atoms with Crippen molar-refractivity contribution in [3.8, 4) is 28.3 Å². The molecule has 0 saturated heterocycles. The van der Waals surface area contributed by atoms with Crippen molar-refractivity contribution in [3.05, 3.63) is 107 Å². The number of benzene rings is 3. The quantitative estimate of drug-likeness (QED) is 0.225. The van der Waals surface area contributed by atoms with Gasteiger partial charge in [0, 0.05) is 43.2 Å². The highest BCUT2D eigenvalue weighted by Crippen LogP contribution is 2.41. The van der Waals surface area contributed by atoms with E-state index in [9.17, 15) is 18.0 Å². The van der Waals surface area contributed by atoms with Crippen molar-refractivity contribution in [1.82, 2.24) is 15.2 Å². The van der Waals surface area contributed by atoms with E-state index in [1.54, 1.807) is 48.5 Å². The van der Waals surface area contributed by atoms with Gasteiger partial charge < -0.3 is 14.5 Å². The van der Waals surface area contributed by atoms with Gasteiger partial charge in [-0.15, -0.1) is 0 Å². The molecular weight excluding hydrogens is 606 g/mol. The molecule has 0 fully saturated rings. The molecule has 0 atom stereocenters. The summed E-state index contributed by atoms with van der Waals surface area (Å²) < 4.78 is 38.8. The number of hydrogen-bond acceptors (Lipinski definition) is 7. The summed E-state index contributed by atoms with van der Waals surface area (Å²) in [5.41, 5.74) is 4.59. The minimum absolute atomic E-state index is 0.0117. The lowest BCUT2D eigenvalue weighted by Gasteiger charge is -2.28. The first-order valence-corrected chi connectivity index (χ1v) is 16.1. The van der Waals surface area contributed by atoms with Crippen LogP contribution in [0.15, 0.2) is 77.2 Å². The van der Waals surface area contributed by atoms with Crippen LogP contribution in [0.1, 0.15) is 32.0 Å². The Balaban J connectivity index is 1.50. The maximum absolute atomic E-state index is 13.6. The standard InChI is InChI=1S/C34H29N5O6S/c1-20-6-10-22(11-7-20)32-30(33(40)36-3)25-16-24(27(17-29(25)45-32)38(4)46(5,42)43)26-14-15-28-31(37-26)34(41)39(19-44-28)18-21-8-12-23(35-2)13-9-21/h6-17H,18-19H2,1,3-5H3,(H,36,40). The number of carbonyl (C=O) groups excluding carboxylic acids is 2. The number of rotatable bonds is 7. The van der Waals surface area contributed by atoms with E-state index in [2.05, 4.69) is 15.1 Å². The smallest absolute Gasteiger partial charge is 0.279 e. The first kappa shape index (κ1) is 30.4. The molecule has 0 spiro atoms. The molecule has 0 radical (unpaired) electrons. The summed E-state index contributed by atoms with van der Waals surface area (Å²) in [7, 11) is -0.810. The molecule has 46 heavy (non-hydrogen) atoms. The predicted molar refractivity (Wildman–Crippen MR) is 174 cm³/mol. The Morgan fingerprint density at radius 1 is 1.09 bits per heavy atom. The van der Waals surface area contributed by atoms with Crippen molar-refractivity contribution in [3.63, 3.8) is 0 Å². The van der Waals surface area contributed by atoms with Gasteiger partial charge in [-0.1, -0.05) is 54.1 Å². The van der Waals surface area contributed by atoms with Crippen LogP contribution in [-0.2, 0) is 16.6 Å². The Labute approximate surface area is 265 Å².